The van der Waals surface area contributed by atoms with Crippen molar-refractivity contribution in [3.05, 3.63) is 81.1 Å². The maximum Gasteiger partial charge on any atom is 0.335 e. The van der Waals surface area contributed by atoms with Gasteiger partial charge in [0.25, 0.3) is 5.56 Å². The predicted octanol–water partition coefficient (Wildman–Crippen LogP) is 2.93. The minimum atomic E-state index is -1.00. The summed E-state index contributed by atoms with van der Waals surface area (Å²) in [5, 5.41) is 18.9. The van der Waals surface area contributed by atoms with Crippen LogP contribution in [0, 0.1) is 18.3 Å². The van der Waals surface area contributed by atoms with Gasteiger partial charge >= 0.3 is 5.97 Å². The van der Waals surface area contributed by atoms with Crippen LogP contribution < -0.4 is 5.56 Å². The van der Waals surface area contributed by atoms with E-state index in [9.17, 15) is 14.7 Å². The first kappa shape index (κ1) is 15.5. The van der Waals surface area contributed by atoms with E-state index in [0.717, 1.165) is 11.1 Å². The molecule has 0 bridgehead atoms. The van der Waals surface area contributed by atoms with Gasteiger partial charge in [-0.1, -0.05) is 12.1 Å². The Morgan fingerprint density at radius 2 is 2.00 bits per heavy atom. The lowest BCUT2D eigenvalue weighted by molar-refractivity contribution is 0.0697. The molecular weight excluding hydrogens is 304 g/mol. The molecule has 5 heteroatoms. The van der Waals surface area contributed by atoms with Gasteiger partial charge in [-0.2, -0.15) is 5.26 Å². The van der Waals surface area contributed by atoms with Gasteiger partial charge in [-0.05, 0) is 53.8 Å². The second-order valence-corrected chi connectivity index (χ2v) is 5.61. The standard InChI is InChI=1S/C19H14N2O3/c1-12-7-16(19(23)24)9-15-5-6-17(22)21(18(12)15)11-14-4-2-3-13(8-14)10-20/h2-9H,11H2,1H3,(H,23,24). The maximum atomic E-state index is 12.3. The van der Waals surface area contributed by atoms with E-state index < -0.39 is 5.97 Å². The lowest BCUT2D eigenvalue weighted by Crippen LogP contribution is -2.21. The van der Waals surface area contributed by atoms with E-state index in [1.807, 2.05) is 6.07 Å². The number of nitrogens with zero attached hydrogens (tertiary/aromatic N) is 2. The van der Waals surface area contributed by atoms with Gasteiger partial charge in [-0.25, -0.2) is 4.79 Å². The number of carboxylic acids is 1. The third-order valence-electron chi connectivity index (χ3n) is 3.92. The van der Waals surface area contributed by atoms with Crippen molar-refractivity contribution in [1.82, 2.24) is 4.57 Å². The highest BCUT2D eigenvalue weighted by Crippen LogP contribution is 2.20. The summed E-state index contributed by atoms with van der Waals surface area (Å²) in [6.07, 6.45) is 0. The molecule has 0 unspecified atom stereocenters. The Morgan fingerprint density at radius 3 is 2.71 bits per heavy atom. The molecule has 24 heavy (non-hydrogen) atoms. The summed E-state index contributed by atoms with van der Waals surface area (Å²) in [5.41, 5.74) is 2.82. The van der Waals surface area contributed by atoms with E-state index in [2.05, 4.69) is 6.07 Å². The average Bonchev–Trinajstić information content (AvgIpc) is 2.57. The molecule has 1 N–H and O–H groups in total. The summed E-state index contributed by atoms with van der Waals surface area (Å²) in [7, 11) is 0. The van der Waals surface area contributed by atoms with Crippen LogP contribution in [0.5, 0.6) is 0 Å². The number of nitriles is 1. The summed E-state index contributed by atoms with van der Waals surface area (Å²) in [6.45, 7) is 2.11. The van der Waals surface area contributed by atoms with Gasteiger partial charge in [0.2, 0.25) is 0 Å². The van der Waals surface area contributed by atoms with Crippen LogP contribution in [0.2, 0.25) is 0 Å². The fourth-order valence-corrected chi connectivity index (χ4v) is 2.87. The van der Waals surface area contributed by atoms with Gasteiger partial charge in [0, 0.05) is 6.07 Å². The SMILES string of the molecule is Cc1cc(C(=O)O)cc2ccc(=O)n(Cc3cccc(C#N)c3)c12. The molecule has 0 spiro atoms. The van der Waals surface area contributed by atoms with E-state index in [1.54, 1.807) is 47.9 Å². The number of pyridine rings is 1. The third kappa shape index (κ3) is 2.77. The number of carboxylic acid groups (broad SMARTS) is 1. The normalized spacial score (nSPS) is 10.5. The number of rotatable bonds is 3. The van der Waals surface area contributed by atoms with Crippen LogP contribution in [0.15, 0.2) is 53.3 Å². The molecule has 5 nitrogen and oxygen atoms in total. The monoisotopic (exact) mass is 318 g/mol. The topological polar surface area (TPSA) is 83.1 Å². The minimum absolute atomic E-state index is 0.170. The number of aromatic carboxylic acids is 1. The molecule has 0 aliphatic rings. The third-order valence-corrected chi connectivity index (χ3v) is 3.92. The van der Waals surface area contributed by atoms with Crippen molar-refractivity contribution < 1.29 is 9.90 Å². The number of carbonyl (C=O) groups is 1. The molecule has 1 heterocycles. The molecule has 3 rings (SSSR count). The van der Waals surface area contributed by atoms with E-state index >= 15 is 0 Å². The zero-order valence-corrected chi connectivity index (χ0v) is 13.0. The second-order valence-electron chi connectivity index (χ2n) is 5.61. The van der Waals surface area contributed by atoms with Gasteiger partial charge < -0.3 is 9.67 Å². The van der Waals surface area contributed by atoms with Gasteiger partial charge in [0.15, 0.2) is 0 Å². The first-order chi connectivity index (χ1) is 11.5. The number of hydrogen-bond donors (Lipinski definition) is 1. The lowest BCUT2D eigenvalue weighted by atomic mass is 10.0. The highest BCUT2D eigenvalue weighted by atomic mass is 16.4. The smallest absolute Gasteiger partial charge is 0.335 e. The van der Waals surface area contributed by atoms with Crippen LogP contribution in [0.25, 0.3) is 10.9 Å². The van der Waals surface area contributed by atoms with Crippen LogP contribution in [-0.4, -0.2) is 15.6 Å². The Morgan fingerprint density at radius 1 is 1.21 bits per heavy atom. The Kier molecular flexibility index (Phi) is 3.88. The average molecular weight is 318 g/mol. The number of aromatic nitrogens is 1. The van der Waals surface area contributed by atoms with Crippen molar-refractivity contribution >= 4 is 16.9 Å². The maximum absolute atomic E-state index is 12.3. The molecule has 0 aliphatic carbocycles. The molecule has 0 fully saturated rings. The molecule has 0 atom stereocenters. The Hall–Kier alpha value is -3.39. The van der Waals surface area contributed by atoms with Crippen molar-refractivity contribution in [3.8, 4) is 6.07 Å². The molecule has 0 amide bonds. The number of hydrogen-bond acceptors (Lipinski definition) is 3. The zero-order valence-electron chi connectivity index (χ0n) is 13.0. The van der Waals surface area contributed by atoms with E-state index in [0.29, 0.717) is 23.0 Å². The zero-order chi connectivity index (χ0) is 17.3. The van der Waals surface area contributed by atoms with Crippen molar-refractivity contribution in [2.45, 2.75) is 13.5 Å². The molecule has 1 aromatic heterocycles. The van der Waals surface area contributed by atoms with Crippen molar-refractivity contribution in [2.75, 3.05) is 0 Å². The van der Waals surface area contributed by atoms with Crippen LogP contribution in [-0.2, 0) is 6.54 Å². The first-order valence-corrected chi connectivity index (χ1v) is 7.36. The highest BCUT2D eigenvalue weighted by Gasteiger charge is 2.11. The first-order valence-electron chi connectivity index (χ1n) is 7.36. The minimum Gasteiger partial charge on any atom is -0.478 e. The molecule has 0 saturated heterocycles. The molecule has 2 aromatic carbocycles. The van der Waals surface area contributed by atoms with Crippen LogP contribution in [0.4, 0.5) is 0 Å². The fraction of sp³-hybridized carbons (Fsp3) is 0.105. The largest absolute Gasteiger partial charge is 0.478 e. The summed E-state index contributed by atoms with van der Waals surface area (Å²) >= 11 is 0. The summed E-state index contributed by atoms with van der Waals surface area (Å²) in [6, 6.07) is 15.4. The van der Waals surface area contributed by atoms with Gasteiger partial charge in [-0.3, -0.25) is 4.79 Å². The van der Waals surface area contributed by atoms with E-state index in [1.165, 1.54) is 6.07 Å². The van der Waals surface area contributed by atoms with Crippen molar-refractivity contribution in [2.24, 2.45) is 0 Å². The van der Waals surface area contributed by atoms with Crippen LogP contribution in [0.3, 0.4) is 0 Å². The lowest BCUT2D eigenvalue weighted by Gasteiger charge is -2.13. The molecule has 0 aliphatic heterocycles. The molecule has 0 saturated carbocycles. The summed E-state index contributed by atoms with van der Waals surface area (Å²) in [5.74, 6) is -1.00. The molecule has 0 radical (unpaired) electrons. The highest BCUT2D eigenvalue weighted by molar-refractivity contribution is 5.94. The van der Waals surface area contributed by atoms with Crippen molar-refractivity contribution in [1.29, 1.82) is 5.26 Å². The van der Waals surface area contributed by atoms with Gasteiger partial charge in [0.1, 0.15) is 0 Å². The number of benzene rings is 2. The summed E-state index contributed by atoms with van der Waals surface area (Å²) < 4.78 is 1.60. The van der Waals surface area contributed by atoms with E-state index in [4.69, 9.17) is 5.26 Å². The predicted molar refractivity (Wildman–Crippen MR) is 90.2 cm³/mol. The second kappa shape index (κ2) is 6.01. The Balaban J connectivity index is 2.20. The molecule has 3 aromatic rings. The number of aryl methyl sites for hydroxylation is 1. The van der Waals surface area contributed by atoms with Gasteiger partial charge in [0.05, 0.1) is 29.3 Å². The quantitative estimate of drug-likeness (QED) is 0.805. The Labute approximate surface area is 138 Å². The fourth-order valence-electron chi connectivity index (χ4n) is 2.87. The molecular formula is C19H14N2O3. The van der Waals surface area contributed by atoms with E-state index in [-0.39, 0.29) is 11.1 Å². The van der Waals surface area contributed by atoms with Crippen LogP contribution >= 0.6 is 0 Å². The van der Waals surface area contributed by atoms with Gasteiger partial charge in [-0.15, -0.1) is 0 Å². The summed E-state index contributed by atoms with van der Waals surface area (Å²) in [4.78, 5) is 23.6. The number of fused-ring (bicyclic) bond motifs is 1. The Bertz CT molecular complexity index is 1060. The molecule has 118 valence electrons. The van der Waals surface area contributed by atoms with Crippen molar-refractivity contribution in [3.63, 3.8) is 0 Å². The van der Waals surface area contributed by atoms with Crippen LogP contribution in [0.1, 0.15) is 27.0 Å².